The van der Waals surface area contributed by atoms with Crippen LogP contribution in [0.4, 0.5) is 5.69 Å². The molecule has 0 saturated heterocycles. The average Bonchev–Trinajstić information content (AvgIpc) is 2.82. The summed E-state index contributed by atoms with van der Waals surface area (Å²) >= 11 is 3.30. The van der Waals surface area contributed by atoms with Crippen molar-refractivity contribution in [2.24, 2.45) is 5.73 Å². The lowest BCUT2D eigenvalue weighted by Gasteiger charge is -2.04. The highest BCUT2D eigenvalue weighted by Gasteiger charge is 2.11. The Morgan fingerprint density at radius 2 is 2.33 bits per heavy atom. The van der Waals surface area contributed by atoms with Crippen molar-refractivity contribution in [1.29, 1.82) is 0 Å². The van der Waals surface area contributed by atoms with E-state index in [9.17, 15) is 4.79 Å². The SMILES string of the molecule is Cc1cc(NC(=O)c2ccc(CN)o2)cnc1Br. The van der Waals surface area contributed by atoms with Gasteiger partial charge in [-0.05, 0) is 46.6 Å². The first kappa shape index (κ1) is 12.8. The molecule has 0 aliphatic carbocycles. The van der Waals surface area contributed by atoms with Crippen LogP contribution in [0.3, 0.4) is 0 Å². The zero-order valence-corrected chi connectivity index (χ0v) is 11.3. The zero-order chi connectivity index (χ0) is 13.1. The second-order valence-electron chi connectivity index (χ2n) is 3.76. The Balaban J connectivity index is 2.13. The molecular weight excluding hydrogens is 298 g/mol. The van der Waals surface area contributed by atoms with Crippen molar-refractivity contribution in [3.63, 3.8) is 0 Å². The third-order valence-electron chi connectivity index (χ3n) is 2.36. The fraction of sp³-hybridized carbons (Fsp3) is 0.167. The van der Waals surface area contributed by atoms with Gasteiger partial charge in [0.15, 0.2) is 5.76 Å². The molecule has 0 aliphatic heterocycles. The molecule has 0 saturated carbocycles. The molecule has 2 aromatic heterocycles. The van der Waals surface area contributed by atoms with Crippen LogP contribution in [0.15, 0.2) is 33.4 Å². The van der Waals surface area contributed by atoms with Gasteiger partial charge in [-0.1, -0.05) is 0 Å². The van der Waals surface area contributed by atoms with Gasteiger partial charge in [0.05, 0.1) is 18.4 Å². The van der Waals surface area contributed by atoms with E-state index in [0.717, 1.165) is 10.2 Å². The van der Waals surface area contributed by atoms with Gasteiger partial charge in [0.25, 0.3) is 5.91 Å². The summed E-state index contributed by atoms with van der Waals surface area (Å²) in [6.45, 7) is 2.17. The minimum absolute atomic E-state index is 0.232. The number of aromatic nitrogens is 1. The molecule has 2 rings (SSSR count). The number of nitrogens with two attached hydrogens (primary N) is 1. The van der Waals surface area contributed by atoms with Crippen LogP contribution in [0.1, 0.15) is 21.9 Å². The maximum absolute atomic E-state index is 11.9. The summed E-state index contributed by atoms with van der Waals surface area (Å²) in [5.74, 6) is 0.486. The number of hydrogen-bond acceptors (Lipinski definition) is 4. The summed E-state index contributed by atoms with van der Waals surface area (Å²) in [5.41, 5.74) is 6.97. The second-order valence-corrected chi connectivity index (χ2v) is 4.51. The van der Waals surface area contributed by atoms with Crippen LogP contribution in [-0.4, -0.2) is 10.9 Å². The Kier molecular flexibility index (Phi) is 3.78. The monoisotopic (exact) mass is 309 g/mol. The van der Waals surface area contributed by atoms with Crippen molar-refractivity contribution in [1.82, 2.24) is 4.98 Å². The van der Waals surface area contributed by atoms with Gasteiger partial charge in [-0.3, -0.25) is 4.79 Å². The van der Waals surface area contributed by atoms with Crippen LogP contribution in [0.5, 0.6) is 0 Å². The lowest BCUT2D eigenvalue weighted by molar-refractivity contribution is 0.0995. The number of halogens is 1. The number of furan rings is 1. The van der Waals surface area contributed by atoms with E-state index in [-0.39, 0.29) is 18.2 Å². The highest BCUT2D eigenvalue weighted by atomic mass is 79.9. The zero-order valence-electron chi connectivity index (χ0n) is 9.74. The Bertz CT molecular complexity index is 580. The van der Waals surface area contributed by atoms with Crippen molar-refractivity contribution < 1.29 is 9.21 Å². The molecule has 0 spiro atoms. The fourth-order valence-corrected chi connectivity index (χ4v) is 1.65. The standard InChI is InChI=1S/C12H12BrN3O2/c1-7-4-8(6-15-11(7)13)16-12(17)10-3-2-9(5-14)18-10/h2-4,6H,5,14H2,1H3,(H,16,17). The van der Waals surface area contributed by atoms with Crippen molar-refractivity contribution in [3.8, 4) is 0 Å². The minimum atomic E-state index is -0.321. The molecule has 2 aromatic rings. The summed E-state index contributed by atoms with van der Waals surface area (Å²) in [5, 5.41) is 2.71. The summed E-state index contributed by atoms with van der Waals surface area (Å²) in [6.07, 6.45) is 1.57. The van der Waals surface area contributed by atoms with Crippen LogP contribution in [-0.2, 0) is 6.54 Å². The van der Waals surface area contributed by atoms with E-state index in [1.807, 2.05) is 13.0 Å². The molecule has 0 bridgehead atoms. The number of nitrogens with one attached hydrogen (secondary N) is 1. The topological polar surface area (TPSA) is 81.2 Å². The number of amides is 1. The summed E-state index contributed by atoms with van der Waals surface area (Å²) in [7, 11) is 0. The molecule has 0 fully saturated rings. The van der Waals surface area contributed by atoms with E-state index in [4.69, 9.17) is 10.2 Å². The van der Waals surface area contributed by atoms with E-state index in [1.54, 1.807) is 18.3 Å². The number of rotatable bonds is 3. The first-order valence-electron chi connectivity index (χ1n) is 5.32. The molecule has 0 aliphatic rings. The normalized spacial score (nSPS) is 10.4. The number of hydrogen-bond donors (Lipinski definition) is 2. The molecule has 0 unspecified atom stereocenters. The van der Waals surface area contributed by atoms with Crippen LogP contribution in [0.2, 0.25) is 0 Å². The summed E-state index contributed by atoms with van der Waals surface area (Å²) < 4.78 is 6.01. The van der Waals surface area contributed by atoms with Gasteiger partial charge in [0.2, 0.25) is 0 Å². The van der Waals surface area contributed by atoms with E-state index in [1.165, 1.54) is 0 Å². The van der Waals surface area contributed by atoms with E-state index in [2.05, 4.69) is 26.2 Å². The van der Waals surface area contributed by atoms with Gasteiger partial charge in [0.1, 0.15) is 10.4 Å². The molecule has 3 N–H and O–H groups in total. The smallest absolute Gasteiger partial charge is 0.291 e. The number of aryl methyl sites for hydroxylation is 1. The second kappa shape index (κ2) is 5.32. The largest absolute Gasteiger partial charge is 0.455 e. The Hall–Kier alpha value is -1.66. The third-order valence-corrected chi connectivity index (χ3v) is 3.19. The van der Waals surface area contributed by atoms with Crippen LogP contribution >= 0.6 is 15.9 Å². The van der Waals surface area contributed by atoms with Gasteiger partial charge >= 0.3 is 0 Å². The first-order chi connectivity index (χ1) is 8.60. The molecule has 1 amide bonds. The summed E-state index contributed by atoms with van der Waals surface area (Å²) in [6, 6.07) is 5.10. The lowest BCUT2D eigenvalue weighted by atomic mass is 10.3. The van der Waals surface area contributed by atoms with Gasteiger partial charge in [-0.2, -0.15) is 0 Å². The molecule has 0 aromatic carbocycles. The predicted molar refractivity (Wildman–Crippen MR) is 71.2 cm³/mol. The molecule has 0 radical (unpaired) electrons. The van der Waals surface area contributed by atoms with Gasteiger partial charge in [0, 0.05) is 0 Å². The number of carbonyl (C=O) groups is 1. The average molecular weight is 310 g/mol. The van der Waals surface area contributed by atoms with E-state index >= 15 is 0 Å². The highest BCUT2D eigenvalue weighted by Crippen LogP contribution is 2.17. The van der Waals surface area contributed by atoms with Gasteiger partial charge in [-0.15, -0.1) is 0 Å². The maximum Gasteiger partial charge on any atom is 0.291 e. The van der Waals surface area contributed by atoms with Crippen LogP contribution < -0.4 is 11.1 Å². The fourth-order valence-electron chi connectivity index (χ4n) is 1.43. The number of pyridine rings is 1. The Labute approximate surface area is 113 Å². The van der Waals surface area contributed by atoms with Gasteiger partial charge < -0.3 is 15.5 Å². The van der Waals surface area contributed by atoms with Crippen LogP contribution in [0, 0.1) is 6.92 Å². The van der Waals surface area contributed by atoms with Crippen molar-refractivity contribution >= 4 is 27.5 Å². The molecule has 5 nitrogen and oxygen atoms in total. The number of anilines is 1. The quantitative estimate of drug-likeness (QED) is 0.853. The van der Waals surface area contributed by atoms with E-state index in [0.29, 0.717) is 11.4 Å². The number of carbonyl (C=O) groups excluding carboxylic acids is 1. The molecule has 18 heavy (non-hydrogen) atoms. The maximum atomic E-state index is 11.9. The summed E-state index contributed by atoms with van der Waals surface area (Å²) in [4.78, 5) is 16.0. The lowest BCUT2D eigenvalue weighted by Crippen LogP contribution is -2.11. The molecule has 6 heteroatoms. The van der Waals surface area contributed by atoms with E-state index < -0.39 is 0 Å². The molecule has 94 valence electrons. The van der Waals surface area contributed by atoms with Gasteiger partial charge in [-0.25, -0.2) is 4.98 Å². The van der Waals surface area contributed by atoms with Crippen molar-refractivity contribution in [3.05, 3.63) is 46.1 Å². The van der Waals surface area contributed by atoms with Crippen LogP contribution in [0.25, 0.3) is 0 Å². The van der Waals surface area contributed by atoms with Crippen molar-refractivity contribution in [2.45, 2.75) is 13.5 Å². The third kappa shape index (κ3) is 2.77. The number of nitrogens with zero attached hydrogens (tertiary/aromatic N) is 1. The first-order valence-corrected chi connectivity index (χ1v) is 6.11. The predicted octanol–water partition coefficient (Wildman–Crippen LogP) is 2.46. The molecule has 0 atom stereocenters. The Morgan fingerprint density at radius 3 is 2.94 bits per heavy atom. The molecular formula is C12H12BrN3O2. The molecule has 2 heterocycles. The highest BCUT2D eigenvalue weighted by molar-refractivity contribution is 9.10. The minimum Gasteiger partial charge on any atom is -0.455 e. The Morgan fingerprint density at radius 1 is 1.56 bits per heavy atom. The van der Waals surface area contributed by atoms with Crippen molar-refractivity contribution in [2.75, 3.05) is 5.32 Å².